The standard InChI is InChI=1S/C32H35ClF2N4O5/c1-3-23-21(28(40)39-16-14-32(18-39)26-24(37-30(43)44-32)11-10-22(33)27(26)35)8-4-5-9-25(29(41)42)38-31(2)13-12-20(34)17-19(31)7-6-15-36-23/h3,6,10-12,15,17,21,25,38H,1,4-5,7-9,13-14,16,18H2,2H3,(H,37,43)(H,41,42)/b15-6-,36-23?/t21-,25?,31?,32-/m0/s1. The lowest BCUT2D eigenvalue weighted by atomic mass is 9.81. The van der Waals surface area contributed by atoms with Crippen molar-refractivity contribution in [1.29, 1.82) is 0 Å². The molecule has 9 nitrogen and oxygen atoms in total. The summed E-state index contributed by atoms with van der Waals surface area (Å²) >= 11 is 6.07. The maximum absolute atomic E-state index is 15.3. The number of benzene rings is 1. The molecular formula is C32H35ClF2N4O5. The highest BCUT2D eigenvalue weighted by Crippen LogP contribution is 2.46. The van der Waals surface area contributed by atoms with Crippen molar-refractivity contribution >= 4 is 41.0 Å². The van der Waals surface area contributed by atoms with Crippen LogP contribution in [0.3, 0.4) is 0 Å². The predicted octanol–water partition coefficient (Wildman–Crippen LogP) is 6.17. The van der Waals surface area contributed by atoms with Gasteiger partial charge in [-0.05, 0) is 68.5 Å². The molecular weight excluding hydrogens is 594 g/mol. The van der Waals surface area contributed by atoms with E-state index >= 15 is 4.39 Å². The molecule has 12 heteroatoms. The fraction of sp³-hybridized carbons (Fsp3) is 0.438. The largest absolute Gasteiger partial charge is 0.480 e. The molecule has 44 heavy (non-hydrogen) atoms. The van der Waals surface area contributed by atoms with E-state index in [1.54, 1.807) is 12.3 Å². The van der Waals surface area contributed by atoms with Gasteiger partial charge in [0.1, 0.15) is 11.9 Å². The Morgan fingerprint density at radius 2 is 2.05 bits per heavy atom. The number of nitrogens with one attached hydrogen (secondary N) is 2. The number of ether oxygens (including phenoxy) is 1. The molecule has 0 radical (unpaired) electrons. The summed E-state index contributed by atoms with van der Waals surface area (Å²) in [6, 6.07) is 1.99. The maximum Gasteiger partial charge on any atom is 0.412 e. The molecule has 2 unspecified atom stereocenters. The summed E-state index contributed by atoms with van der Waals surface area (Å²) in [7, 11) is 0. The number of carboxylic acids is 1. The predicted molar refractivity (Wildman–Crippen MR) is 163 cm³/mol. The number of halogens is 3. The maximum atomic E-state index is 15.3. The number of aliphatic imine (C=N–C) groups is 1. The topological polar surface area (TPSA) is 120 Å². The summed E-state index contributed by atoms with van der Waals surface area (Å²) in [5.41, 5.74) is -0.696. The first kappa shape index (κ1) is 31.6. The van der Waals surface area contributed by atoms with Crippen molar-refractivity contribution in [1.82, 2.24) is 10.2 Å². The van der Waals surface area contributed by atoms with Crippen LogP contribution in [0.1, 0.15) is 57.4 Å². The molecule has 4 atom stereocenters. The number of nitrogens with zero attached hydrogens (tertiary/aromatic N) is 2. The van der Waals surface area contributed by atoms with Crippen molar-refractivity contribution in [2.45, 2.75) is 69.1 Å². The van der Waals surface area contributed by atoms with E-state index in [1.165, 1.54) is 35.3 Å². The molecule has 0 aromatic heterocycles. The van der Waals surface area contributed by atoms with Gasteiger partial charge in [0.05, 0.1) is 34.4 Å². The number of allylic oxidation sites excluding steroid dienone is 4. The van der Waals surface area contributed by atoms with Gasteiger partial charge in [0, 0.05) is 24.7 Å². The van der Waals surface area contributed by atoms with Crippen LogP contribution in [0, 0.1) is 11.7 Å². The number of hydrogen-bond acceptors (Lipinski definition) is 6. The number of rotatable bonds is 3. The molecule has 1 saturated heterocycles. The van der Waals surface area contributed by atoms with Crippen molar-refractivity contribution in [2.75, 3.05) is 18.4 Å². The van der Waals surface area contributed by atoms with E-state index in [0.717, 1.165) is 0 Å². The van der Waals surface area contributed by atoms with E-state index in [9.17, 15) is 23.9 Å². The summed E-state index contributed by atoms with van der Waals surface area (Å²) in [5.74, 6) is -3.12. The second-order valence-corrected chi connectivity index (χ2v) is 12.2. The average Bonchev–Trinajstić information content (AvgIpc) is 3.39. The number of fused-ring (bicyclic) bond motifs is 3. The van der Waals surface area contributed by atoms with Crippen LogP contribution in [-0.4, -0.2) is 58.4 Å². The minimum Gasteiger partial charge on any atom is -0.480 e. The Morgan fingerprint density at radius 3 is 2.80 bits per heavy atom. The molecule has 234 valence electrons. The van der Waals surface area contributed by atoms with Crippen molar-refractivity contribution < 1.29 is 33.0 Å². The molecule has 1 spiro atoms. The van der Waals surface area contributed by atoms with E-state index in [4.69, 9.17) is 16.3 Å². The van der Waals surface area contributed by atoms with Crippen LogP contribution in [-0.2, 0) is 19.9 Å². The molecule has 1 aromatic rings. The lowest BCUT2D eigenvalue weighted by molar-refractivity contribution is -0.140. The third kappa shape index (κ3) is 6.21. The zero-order chi connectivity index (χ0) is 31.6. The lowest BCUT2D eigenvalue weighted by Crippen LogP contribution is -2.52. The molecule has 3 heterocycles. The van der Waals surface area contributed by atoms with E-state index in [1.807, 2.05) is 6.92 Å². The van der Waals surface area contributed by atoms with Crippen LogP contribution in [0.15, 0.2) is 65.6 Å². The van der Waals surface area contributed by atoms with Gasteiger partial charge in [-0.3, -0.25) is 25.2 Å². The van der Waals surface area contributed by atoms with Gasteiger partial charge in [0.15, 0.2) is 11.4 Å². The minimum absolute atomic E-state index is 0.0723. The summed E-state index contributed by atoms with van der Waals surface area (Å²) < 4.78 is 35.1. The van der Waals surface area contributed by atoms with Gasteiger partial charge in [0.2, 0.25) is 5.91 Å². The highest BCUT2D eigenvalue weighted by molar-refractivity contribution is 6.31. The van der Waals surface area contributed by atoms with Gasteiger partial charge >= 0.3 is 12.1 Å². The van der Waals surface area contributed by atoms with Crippen LogP contribution >= 0.6 is 11.6 Å². The summed E-state index contributed by atoms with van der Waals surface area (Å²) in [4.78, 5) is 44.7. The monoisotopic (exact) mass is 628 g/mol. The molecule has 3 N–H and O–H groups in total. The normalized spacial score (nSPS) is 30.0. The summed E-state index contributed by atoms with van der Waals surface area (Å²) in [6.45, 7) is 5.87. The van der Waals surface area contributed by atoms with Crippen LogP contribution in [0.25, 0.3) is 0 Å². The fourth-order valence-corrected chi connectivity index (χ4v) is 6.69. The highest BCUT2D eigenvalue weighted by Gasteiger charge is 2.51. The third-order valence-corrected chi connectivity index (χ3v) is 9.19. The van der Waals surface area contributed by atoms with Gasteiger partial charge < -0.3 is 14.7 Å². The lowest BCUT2D eigenvalue weighted by Gasteiger charge is -2.37. The van der Waals surface area contributed by atoms with Crippen LogP contribution < -0.4 is 10.6 Å². The SMILES string of the molecule is C=CC1=N/C=C\CC2=CC(F)=CCC2(C)NC(C(=O)O)CCCC[C@@H]1C(=O)N1CC[C@@]2(C1)OC(=O)Nc1ccc(Cl)c(F)c12. The second-order valence-electron chi connectivity index (χ2n) is 11.8. The van der Waals surface area contributed by atoms with E-state index in [0.29, 0.717) is 49.8 Å². The van der Waals surface area contributed by atoms with E-state index in [-0.39, 0.29) is 47.5 Å². The number of aliphatic carboxylic acids is 1. The first-order chi connectivity index (χ1) is 21.0. The smallest absolute Gasteiger partial charge is 0.412 e. The number of hydrogen-bond donors (Lipinski definition) is 3. The third-order valence-electron chi connectivity index (χ3n) is 8.90. The Kier molecular flexibility index (Phi) is 9.08. The quantitative estimate of drug-likeness (QED) is 0.368. The first-order valence-electron chi connectivity index (χ1n) is 14.7. The Balaban J connectivity index is 1.43. The van der Waals surface area contributed by atoms with Crippen molar-refractivity contribution in [3.8, 4) is 0 Å². The second kappa shape index (κ2) is 12.6. The molecule has 1 fully saturated rings. The average molecular weight is 629 g/mol. The Hall–Kier alpha value is -3.83. The van der Waals surface area contributed by atoms with Crippen molar-refractivity contribution in [3.05, 3.63) is 77.0 Å². The van der Waals surface area contributed by atoms with Gasteiger partial charge in [0.25, 0.3) is 0 Å². The number of likely N-dealkylation sites (tertiary alicyclic amines) is 1. The minimum atomic E-state index is -1.40. The number of amides is 2. The van der Waals surface area contributed by atoms with Crippen LogP contribution in [0.5, 0.6) is 0 Å². The number of anilines is 1. The number of carboxylic acid groups (broad SMARTS) is 1. The van der Waals surface area contributed by atoms with Crippen LogP contribution in [0.2, 0.25) is 5.02 Å². The molecule has 0 bridgehead atoms. The van der Waals surface area contributed by atoms with E-state index in [2.05, 4.69) is 22.2 Å². The molecule has 1 aromatic carbocycles. The fourth-order valence-electron chi connectivity index (χ4n) is 6.54. The molecule has 4 aliphatic rings. The highest BCUT2D eigenvalue weighted by atomic mass is 35.5. The van der Waals surface area contributed by atoms with Gasteiger partial charge in [-0.15, -0.1) is 0 Å². The zero-order valence-electron chi connectivity index (χ0n) is 24.4. The van der Waals surface area contributed by atoms with E-state index < -0.39 is 41.0 Å². The molecule has 3 aliphatic heterocycles. The van der Waals surface area contributed by atoms with Crippen molar-refractivity contribution in [2.24, 2.45) is 10.9 Å². The number of carbonyl (C=O) groups excluding carboxylic acids is 2. The molecule has 1 aliphatic carbocycles. The molecule has 0 saturated carbocycles. The first-order valence-corrected chi connectivity index (χ1v) is 15.0. The van der Waals surface area contributed by atoms with Gasteiger partial charge in [-0.2, -0.15) is 0 Å². The van der Waals surface area contributed by atoms with Gasteiger partial charge in [-0.1, -0.05) is 37.1 Å². The zero-order valence-corrected chi connectivity index (χ0v) is 25.1. The molecule has 5 rings (SSSR count). The molecule has 2 amide bonds. The Bertz CT molecular complexity index is 1510. The Morgan fingerprint density at radius 1 is 1.27 bits per heavy atom. The number of carbonyl (C=O) groups is 3. The summed E-state index contributed by atoms with van der Waals surface area (Å²) in [5, 5.41) is 15.6. The summed E-state index contributed by atoms with van der Waals surface area (Å²) in [6.07, 6.45) is 9.38. The Labute approximate surface area is 259 Å². The van der Waals surface area contributed by atoms with Gasteiger partial charge in [-0.25, -0.2) is 13.6 Å². The van der Waals surface area contributed by atoms with Crippen LogP contribution in [0.4, 0.5) is 19.3 Å². The van der Waals surface area contributed by atoms with Crippen molar-refractivity contribution in [3.63, 3.8) is 0 Å².